The maximum absolute atomic E-state index is 13.7. The summed E-state index contributed by atoms with van der Waals surface area (Å²) in [6.45, 7) is 2.03. The van der Waals surface area contributed by atoms with Gasteiger partial charge in [0, 0.05) is 21.8 Å². The molecular formula is C30H23F3N2O2S2. The number of thiophene rings is 1. The molecule has 0 saturated carbocycles. The van der Waals surface area contributed by atoms with Gasteiger partial charge in [0.2, 0.25) is 0 Å². The summed E-state index contributed by atoms with van der Waals surface area (Å²) in [5.41, 5.74) is 1.09. The van der Waals surface area contributed by atoms with Gasteiger partial charge in [-0.3, -0.25) is 4.79 Å². The van der Waals surface area contributed by atoms with Crippen molar-refractivity contribution in [2.45, 2.75) is 30.3 Å². The van der Waals surface area contributed by atoms with Crippen LogP contribution in [0, 0.1) is 11.3 Å². The Hall–Kier alpha value is -3.87. The molecule has 0 spiro atoms. The van der Waals surface area contributed by atoms with E-state index in [0.29, 0.717) is 21.8 Å². The van der Waals surface area contributed by atoms with Crippen molar-refractivity contribution in [3.05, 3.63) is 105 Å². The van der Waals surface area contributed by atoms with Gasteiger partial charge in [-0.25, -0.2) is 4.98 Å². The van der Waals surface area contributed by atoms with Crippen molar-refractivity contribution in [3.8, 4) is 22.9 Å². The third kappa shape index (κ3) is 6.77. The van der Waals surface area contributed by atoms with Crippen molar-refractivity contribution >= 4 is 35.0 Å². The number of benzene rings is 2. The van der Waals surface area contributed by atoms with E-state index in [0.717, 1.165) is 34.7 Å². The lowest BCUT2D eigenvalue weighted by atomic mass is 10.0. The topological polar surface area (TPSA) is 63.0 Å². The predicted octanol–water partition coefficient (Wildman–Crippen LogP) is 8.46. The number of allylic oxidation sites excluding steroid dienone is 1. The SMILES string of the molecule is CCc1ccc(C(=O)/C=C/c2ccc(OC)c(CSc3nc(C(F)(F)F)cc(-c4ccccc4)c3C#N)c2)s1. The molecule has 198 valence electrons. The minimum absolute atomic E-state index is 0.0197. The highest BCUT2D eigenvalue weighted by molar-refractivity contribution is 7.98. The summed E-state index contributed by atoms with van der Waals surface area (Å²) in [7, 11) is 1.50. The average molecular weight is 565 g/mol. The van der Waals surface area contributed by atoms with Crippen LogP contribution in [-0.4, -0.2) is 17.9 Å². The van der Waals surface area contributed by atoms with Crippen molar-refractivity contribution in [2.75, 3.05) is 7.11 Å². The van der Waals surface area contributed by atoms with E-state index in [2.05, 4.69) is 4.98 Å². The maximum atomic E-state index is 13.7. The van der Waals surface area contributed by atoms with E-state index in [9.17, 15) is 23.2 Å². The lowest BCUT2D eigenvalue weighted by Gasteiger charge is -2.15. The zero-order valence-electron chi connectivity index (χ0n) is 21.1. The number of hydrogen-bond donors (Lipinski definition) is 0. The van der Waals surface area contributed by atoms with Gasteiger partial charge < -0.3 is 4.74 Å². The van der Waals surface area contributed by atoms with Crippen LogP contribution in [0.4, 0.5) is 13.2 Å². The molecule has 0 amide bonds. The summed E-state index contributed by atoms with van der Waals surface area (Å²) >= 11 is 2.48. The highest BCUT2D eigenvalue weighted by Crippen LogP contribution is 2.38. The lowest BCUT2D eigenvalue weighted by molar-refractivity contribution is -0.141. The van der Waals surface area contributed by atoms with Gasteiger partial charge in [0.15, 0.2) is 5.78 Å². The molecule has 9 heteroatoms. The summed E-state index contributed by atoms with van der Waals surface area (Å²) in [6, 6.07) is 20.5. The number of methoxy groups -OCH3 is 1. The molecule has 2 aromatic heterocycles. The first-order valence-electron chi connectivity index (χ1n) is 11.9. The molecule has 4 rings (SSSR count). The van der Waals surface area contributed by atoms with Gasteiger partial charge >= 0.3 is 6.18 Å². The van der Waals surface area contributed by atoms with Crippen molar-refractivity contribution in [3.63, 3.8) is 0 Å². The summed E-state index contributed by atoms with van der Waals surface area (Å²) in [4.78, 5) is 18.2. The zero-order valence-corrected chi connectivity index (χ0v) is 22.7. The fraction of sp³-hybridized carbons (Fsp3) is 0.167. The Kier molecular flexibility index (Phi) is 8.90. The molecule has 0 unspecified atom stereocenters. The molecule has 4 aromatic rings. The molecule has 39 heavy (non-hydrogen) atoms. The number of halogens is 3. The molecule has 0 radical (unpaired) electrons. The van der Waals surface area contributed by atoms with Gasteiger partial charge in [0.05, 0.1) is 17.6 Å². The van der Waals surface area contributed by atoms with Crippen LogP contribution >= 0.6 is 23.1 Å². The number of ketones is 1. The number of pyridine rings is 1. The van der Waals surface area contributed by atoms with Crippen LogP contribution in [-0.2, 0) is 18.3 Å². The Morgan fingerprint density at radius 1 is 1.13 bits per heavy atom. The van der Waals surface area contributed by atoms with Crippen molar-refractivity contribution in [1.82, 2.24) is 4.98 Å². The van der Waals surface area contributed by atoms with E-state index >= 15 is 0 Å². The average Bonchev–Trinajstić information content (AvgIpc) is 3.44. The Morgan fingerprint density at radius 2 is 1.90 bits per heavy atom. The first-order chi connectivity index (χ1) is 18.7. The number of aryl methyl sites for hydroxylation is 1. The second kappa shape index (κ2) is 12.3. The van der Waals surface area contributed by atoms with Gasteiger partial charge in [0.1, 0.15) is 22.5 Å². The number of carbonyl (C=O) groups is 1. The van der Waals surface area contributed by atoms with Crippen molar-refractivity contribution in [1.29, 1.82) is 5.26 Å². The molecule has 0 bridgehead atoms. The van der Waals surface area contributed by atoms with Crippen LogP contribution in [0.3, 0.4) is 0 Å². The van der Waals surface area contributed by atoms with Crippen molar-refractivity contribution < 1.29 is 22.7 Å². The van der Waals surface area contributed by atoms with Crippen LogP contribution in [0.1, 0.15) is 43.9 Å². The molecule has 0 N–H and O–H groups in total. The third-order valence-corrected chi connectivity index (χ3v) is 8.09. The van der Waals surface area contributed by atoms with E-state index in [4.69, 9.17) is 4.74 Å². The van der Waals surface area contributed by atoms with Gasteiger partial charge in [-0.1, -0.05) is 49.4 Å². The third-order valence-electron chi connectivity index (χ3n) is 5.82. The van der Waals surface area contributed by atoms with Crippen LogP contribution in [0.25, 0.3) is 17.2 Å². The molecule has 0 aliphatic heterocycles. The number of alkyl halides is 3. The zero-order chi connectivity index (χ0) is 28.0. The Morgan fingerprint density at radius 3 is 2.54 bits per heavy atom. The number of aromatic nitrogens is 1. The summed E-state index contributed by atoms with van der Waals surface area (Å²) < 4.78 is 46.6. The van der Waals surface area contributed by atoms with Crippen molar-refractivity contribution in [2.24, 2.45) is 0 Å². The van der Waals surface area contributed by atoms with E-state index in [-0.39, 0.29) is 27.7 Å². The lowest BCUT2D eigenvalue weighted by Crippen LogP contribution is -2.10. The van der Waals surface area contributed by atoms with Gasteiger partial charge in [0.25, 0.3) is 0 Å². The molecular weight excluding hydrogens is 541 g/mol. The smallest absolute Gasteiger partial charge is 0.433 e. The van der Waals surface area contributed by atoms with E-state index in [1.807, 2.05) is 25.1 Å². The normalized spacial score (nSPS) is 11.5. The summed E-state index contributed by atoms with van der Waals surface area (Å²) in [6.07, 6.45) is -0.624. The molecule has 0 saturated heterocycles. The van der Waals surface area contributed by atoms with Crippen LogP contribution in [0.2, 0.25) is 0 Å². The van der Waals surface area contributed by atoms with Crippen LogP contribution in [0.15, 0.2) is 77.8 Å². The summed E-state index contributed by atoms with van der Waals surface area (Å²) in [5, 5.41) is 9.86. The van der Waals surface area contributed by atoms with E-state index in [1.54, 1.807) is 54.6 Å². The fourth-order valence-corrected chi connectivity index (χ4v) is 5.69. The molecule has 0 fully saturated rings. The minimum Gasteiger partial charge on any atom is -0.496 e. The number of nitriles is 1. The van der Waals surface area contributed by atoms with E-state index in [1.165, 1.54) is 24.5 Å². The Bertz CT molecular complexity index is 1550. The number of hydrogen-bond acceptors (Lipinski definition) is 6. The minimum atomic E-state index is -4.68. The number of ether oxygens (including phenoxy) is 1. The second-order valence-electron chi connectivity index (χ2n) is 8.39. The second-order valence-corrected chi connectivity index (χ2v) is 10.5. The first kappa shape index (κ1) is 28.1. The van der Waals surface area contributed by atoms with Gasteiger partial charge in [-0.2, -0.15) is 18.4 Å². The number of nitrogens with zero attached hydrogens (tertiary/aromatic N) is 2. The van der Waals surface area contributed by atoms with Crippen LogP contribution in [0.5, 0.6) is 5.75 Å². The summed E-state index contributed by atoms with van der Waals surface area (Å²) in [5.74, 6) is 0.623. The van der Waals surface area contributed by atoms with Crippen LogP contribution < -0.4 is 4.74 Å². The van der Waals surface area contributed by atoms with Gasteiger partial charge in [-0.05, 0) is 54.0 Å². The monoisotopic (exact) mass is 564 g/mol. The Balaban J connectivity index is 1.64. The fourth-order valence-electron chi connectivity index (χ4n) is 3.84. The molecule has 4 nitrogen and oxygen atoms in total. The molecule has 0 aliphatic carbocycles. The molecule has 0 aliphatic rings. The Labute approximate surface area is 232 Å². The predicted molar refractivity (Wildman–Crippen MR) is 149 cm³/mol. The largest absolute Gasteiger partial charge is 0.496 e. The number of carbonyl (C=O) groups excluding carboxylic acids is 1. The van der Waals surface area contributed by atoms with E-state index < -0.39 is 11.9 Å². The molecule has 0 atom stereocenters. The number of thioether (sulfide) groups is 1. The highest BCUT2D eigenvalue weighted by Gasteiger charge is 2.34. The quantitative estimate of drug-likeness (QED) is 0.116. The van der Waals surface area contributed by atoms with Gasteiger partial charge in [-0.15, -0.1) is 23.1 Å². The maximum Gasteiger partial charge on any atom is 0.433 e. The highest BCUT2D eigenvalue weighted by atomic mass is 32.2. The number of rotatable bonds is 9. The molecule has 2 heterocycles. The first-order valence-corrected chi connectivity index (χ1v) is 13.7. The standard InChI is InChI=1S/C30H23F3N2O2S2/c1-3-22-11-14-27(39-22)25(36)12-9-19-10-13-26(37-2)21(15-19)18-38-29-24(17-34)23(20-7-5-4-6-8-20)16-28(35-29)30(31,32)33/h4-16H,3,18H2,1-2H3/b12-9+. The molecule has 2 aromatic carbocycles.